The SMILES string of the molecule is CC(C)C(O)CCNC(=O)CCC(=O)c1ccc(F)c(F)c1. The third kappa shape index (κ3) is 5.89. The maximum absolute atomic E-state index is 13.0. The van der Waals surface area contributed by atoms with Gasteiger partial charge in [0.2, 0.25) is 5.91 Å². The Balaban J connectivity index is 2.34. The number of carbonyl (C=O) groups is 2. The molecule has 1 aromatic carbocycles. The molecule has 0 spiro atoms. The van der Waals surface area contributed by atoms with Gasteiger partial charge < -0.3 is 10.4 Å². The summed E-state index contributed by atoms with van der Waals surface area (Å²) < 4.78 is 25.8. The number of hydrogen-bond acceptors (Lipinski definition) is 3. The molecule has 0 aliphatic carbocycles. The number of ketones is 1. The van der Waals surface area contributed by atoms with E-state index in [1.165, 1.54) is 6.07 Å². The van der Waals surface area contributed by atoms with E-state index in [4.69, 9.17) is 0 Å². The molecule has 0 heterocycles. The second-order valence-electron chi connectivity index (χ2n) is 5.50. The Morgan fingerprint density at radius 3 is 2.45 bits per heavy atom. The number of halogens is 2. The average molecular weight is 313 g/mol. The van der Waals surface area contributed by atoms with Gasteiger partial charge in [-0.15, -0.1) is 0 Å². The number of rotatable bonds is 8. The second-order valence-corrected chi connectivity index (χ2v) is 5.50. The van der Waals surface area contributed by atoms with E-state index >= 15 is 0 Å². The summed E-state index contributed by atoms with van der Waals surface area (Å²) in [5, 5.41) is 12.2. The van der Waals surface area contributed by atoms with Crippen molar-refractivity contribution in [3.8, 4) is 0 Å². The molecule has 1 amide bonds. The van der Waals surface area contributed by atoms with Crippen molar-refractivity contribution < 1.29 is 23.5 Å². The molecular formula is C16H21F2NO3. The summed E-state index contributed by atoms with van der Waals surface area (Å²) in [4.78, 5) is 23.3. The first-order valence-corrected chi connectivity index (χ1v) is 7.24. The first-order chi connectivity index (χ1) is 10.3. The lowest BCUT2D eigenvalue weighted by Gasteiger charge is -2.14. The number of benzene rings is 1. The molecule has 0 saturated heterocycles. The molecule has 22 heavy (non-hydrogen) atoms. The minimum Gasteiger partial charge on any atom is -0.393 e. The van der Waals surface area contributed by atoms with E-state index < -0.39 is 23.5 Å². The van der Waals surface area contributed by atoms with Crippen LogP contribution in [0.1, 0.15) is 43.5 Å². The van der Waals surface area contributed by atoms with E-state index in [1.54, 1.807) is 0 Å². The van der Waals surface area contributed by atoms with Gasteiger partial charge in [0.25, 0.3) is 0 Å². The Hall–Kier alpha value is -1.82. The fraction of sp³-hybridized carbons (Fsp3) is 0.500. The van der Waals surface area contributed by atoms with Gasteiger partial charge in [-0.2, -0.15) is 0 Å². The fourth-order valence-corrected chi connectivity index (χ4v) is 1.82. The molecule has 0 fully saturated rings. The van der Waals surface area contributed by atoms with E-state index in [-0.39, 0.29) is 30.2 Å². The Morgan fingerprint density at radius 1 is 1.18 bits per heavy atom. The van der Waals surface area contributed by atoms with Gasteiger partial charge in [0.05, 0.1) is 6.10 Å². The summed E-state index contributed by atoms with van der Waals surface area (Å²) in [5.74, 6) is -2.72. The highest BCUT2D eigenvalue weighted by Crippen LogP contribution is 2.11. The van der Waals surface area contributed by atoms with Gasteiger partial charge >= 0.3 is 0 Å². The summed E-state index contributed by atoms with van der Waals surface area (Å²) in [6.07, 6.45) is -0.149. The molecule has 0 aromatic heterocycles. The first kappa shape index (κ1) is 18.2. The summed E-state index contributed by atoms with van der Waals surface area (Å²) in [6, 6.07) is 2.90. The van der Waals surface area contributed by atoms with E-state index in [9.17, 15) is 23.5 Å². The topological polar surface area (TPSA) is 66.4 Å². The van der Waals surface area contributed by atoms with Gasteiger partial charge in [-0.25, -0.2) is 8.78 Å². The predicted octanol–water partition coefficient (Wildman–Crippen LogP) is 2.45. The van der Waals surface area contributed by atoms with Crippen molar-refractivity contribution in [2.75, 3.05) is 6.54 Å². The van der Waals surface area contributed by atoms with Crippen LogP contribution in [0.3, 0.4) is 0 Å². The second kappa shape index (κ2) is 8.58. The maximum atomic E-state index is 13.0. The Bertz CT molecular complexity index is 532. The highest BCUT2D eigenvalue weighted by molar-refractivity contribution is 5.97. The van der Waals surface area contributed by atoms with Crippen LogP contribution in [0.4, 0.5) is 8.78 Å². The van der Waals surface area contributed by atoms with E-state index in [0.29, 0.717) is 13.0 Å². The largest absolute Gasteiger partial charge is 0.393 e. The number of aliphatic hydroxyl groups is 1. The van der Waals surface area contributed by atoms with Gasteiger partial charge in [-0.3, -0.25) is 9.59 Å². The number of aliphatic hydroxyl groups excluding tert-OH is 1. The molecule has 0 bridgehead atoms. The Kier molecular flexibility index (Phi) is 7.11. The molecule has 6 heteroatoms. The van der Waals surface area contributed by atoms with Crippen molar-refractivity contribution in [2.24, 2.45) is 5.92 Å². The molecule has 1 aromatic rings. The van der Waals surface area contributed by atoms with Crippen LogP contribution in [-0.4, -0.2) is 29.4 Å². The lowest BCUT2D eigenvalue weighted by Crippen LogP contribution is -2.28. The summed E-state index contributed by atoms with van der Waals surface area (Å²) in [7, 11) is 0. The molecule has 0 saturated carbocycles. The van der Waals surface area contributed by atoms with Gasteiger partial charge in [0, 0.05) is 24.9 Å². The molecule has 1 rings (SSSR count). The van der Waals surface area contributed by atoms with Gasteiger partial charge in [0.15, 0.2) is 17.4 Å². The number of hydrogen-bond donors (Lipinski definition) is 2. The van der Waals surface area contributed by atoms with Crippen LogP contribution in [0.25, 0.3) is 0 Å². The smallest absolute Gasteiger partial charge is 0.220 e. The number of nitrogens with one attached hydrogen (secondary N) is 1. The van der Waals surface area contributed by atoms with Crippen molar-refractivity contribution in [1.82, 2.24) is 5.32 Å². The average Bonchev–Trinajstić information content (AvgIpc) is 2.47. The summed E-state index contributed by atoms with van der Waals surface area (Å²) in [6.45, 7) is 4.09. The van der Waals surface area contributed by atoms with Crippen molar-refractivity contribution in [3.63, 3.8) is 0 Å². The lowest BCUT2D eigenvalue weighted by atomic mass is 10.0. The van der Waals surface area contributed by atoms with E-state index in [1.807, 2.05) is 13.8 Å². The Morgan fingerprint density at radius 2 is 1.86 bits per heavy atom. The van der Waals surface area contributed by atoms with Crippen LogP contribution >= 0.6 is 0 Å². The molecular weight excluding hydrogens is 292 g/mol. The summed E-state index contributed by atoms with van der Waals surface area (Å²) >= 11 is 0. The maximum Gasteiger partial charge on any atom is 0.220 e. The van der Waals surface area contributed by atoms with Crippen LogP contribution in [-0.2, 0) is 4.79 Å². The minimum absolute atomic E-state index is 0.0321. The molecule has 1 atom stereocenters. The molecule has 0 aliphatic heterocycles. The van der Waals surface area contributed by atoms with Crippen LogP contribution in [0.2, 0.25) is 0 Å². The quantitative estimate of drug-likeness (QED) is 0.725. The van der Waals surface area contributed by atoms with Crippen molar-refractivity contribution in [1.29, 1.82) is 0 Å². The number of Topliss-reactive ketones (excluding diaryl/α,β-unsaturated/α-hetero) is 1. The van der Waals surface area contributed by atoms with Crippen molar-refractivity contribution >= 4 is 11.7 Å². The van der Waals surface area contributed by atoms with Crippen LogP contribution in [0.5, 0.6) is 0 Å². The molecule has 0 radical (unpaired) electrons. The third-order valence-electron chi connectivity index (χ3n) is 3.35. The zero-order chi connectivity index (χ0) is 16.7. The van der Waals surface area contributed by atoms with Crippen molar-refractivity contribution in [2.45, 2.75) is 39.2 Å². The van der Waals surface area contributed by atoms with E-state index in [2.05, 4.69) is 5.32 Å². The van der Waals surface area contributed by atoms with Crippen LogP contribution in [0.15, 0.2) is 18.2 Å². The standard InChI is InChI=1S/C16H21F2NO3/c1-10(2)14(20)7-8-19-16(22)6-5-15(21)11-3-4-12(17)13(18)9-11/h3-4,9-10,14,20H,5-8H2,1-2H3,(H,19,22). The zero-order valence-electron chi connectivity index (χ0n) is 12.7. The highest BCUT2D eigenvalue weighted by Gasteiger charge is 2.13. The van der Waals surface area contributed by atoms with Gasteiger partial charge in [0.1, 0.15) is 0 Å². The van der Waals surface area contributed by atoms with Crippen molar-refractivity contribution in [3.05, 3.63) is 35.4 Å². The highest BCUT2D eigenvalue weighted by atomic mass is 19.2. The minimum atomic E-state index is -1.09. The number of amides is 1. The fourth-order valence-electron chi connectivity index (χ4n) is 1.82. The summed E-state index contributed by atoms with van der Waals surface area (Å²) in [5.41, 5.74) is 0.0435. The van der Waals surface area contributed by atoms with E-state index in [0.717, 1.165) is 12.1 Å². The monoisotopic (exact) mass is 313 g/mol. The normalized spacial score (nSPS) is 12.3. The van der Waals surface area contributed by atoms with Gasteiger partial charge in [-0.05, 0) is 30.5 Å². The lowest BCUT2D eigenvalue weighted by molar-refractivity contribution is -0.121. The van der Waals surface area contributed by atoms with Crippen LogP contribution < -0.4 is 5.32 Å². The molecule has 122 valence electrons. The number of carbonyl (C=O) groups excluding carboxylic acids is 2. The first-order valence-electron chi connectivity index (χ1n) is 7.24. The Labute approximate surface area is 128 Å². The zero-order valence-corrected chi connectivity index (χ0v) is 12.7. The van der Waals surface area contributed by atoms with Crippen LogP contribution in [0, 0.1) is 17.6 Å². The molecule has 2 N–H and O–H groups in total. The molecule has 0 aliphatic rings. The molecule has 1 unspecified atom stereocenters. The predicted molar refractivity (Wildman–Crippen MR) is 78.4 cm³/mol. The van der Waals surface area contributed by atoms with Gasteiger partial charge in [-0.1, -0.05) is 13.8 Å². The molecule has 4 nitrogen and oxygen atoms in total. The third-order valence-corrected chi connectivity index (χ3v) is 3.35.